The fourth-order valence-electron chi connectivity index (χ4n) is 2.14. The van der Waals surface area contributed by atoms with Crippen molar-refractivity contribution >= 4 is 11.4 Å². The summed E-state index contributed by atoms with van der Waals surface area (Å²) in [5.41, 5.74) is 19.5. The van der Waals surface area contributed by atoms with Gasteiger partial charge in [-0.15, -0.1) is 0 Å². The highest BCUT2D eigenvalue weighted by molar-refractivity contribution is 5.58. The van der Waals surface area contributed by atoms with E-state index in [1.807, 2.05) is 52.0 Å². The van der Waals surface area contributed by atoms with Gasteiger partial charge in [-0.2, -0.15) is 0 Å². The second-order valence-electron chi connectivity index (χ2n) is 5.55. The van der Waals surface area contributed by atoms with Crippen LogP contribution in [0.3, 0.4) is 0 Å². The smallest absolute Gasteiger partial charge is 0.0347 e. The third-order valence-corrected chi connectivity index (χ3v) is 3.68. The molecule has 0 aliphatic rings. The van der Waals surface area contributed by atoms with Crippen LogP contribution < -0.4 is 11.5 Å². The van der Waals surface area contributed by atoms with Crippen molar-refractivity contribution < 1.29 is 0 Å². The molecule has 0 bridgehead atoms. The summed E-state index contributed by atoms with van der Waals surface area (Å²) in [4.78, 5) is 0. The number of hydrogen-bond acceptors (Lipinski definition) is 2. The van der Waals surface area contributed by atoms with Crippen LogP contribution in [0.5, 0.6) is 0 Å². The third-order valence-electron chi connectivity index (χ3n) is 3.68. The van der Waals surface area contributed by atoms with Gasteiger partial charge in [0.2, 0.25) is 0 Å². The SMILES string of the molecule is Cc1cc(C#CC#Cc2cc(C)c(N)cc2C)c(C)cc1N. The van der Waals surface area contributed by atoms with Crippen molar-refractivity contribution in [2.24, 2.45) is 0 Å². The van der Waals surface area contributed by atoms with Gasteiger partial charge in [0.25, 0.3) is 0 Å². The first kappa shape index (κ1) is 15.5. The minimum Gasteiger partial charge on any atom is -0.399 e. The molecule has 0 saturated heterocycles. The van der Waals surface area contributed by atoms with E-state index >= 15 is 0 Å². The monoisotopic (exact) mass is 288 g/mol. The zero-order valence-corrected chi connectivity index (χ0v) is 13.5. The first-order chi connectivity index (χ1) is 10.4. The fraction of sp³-hybridized carbons (Fsp3) is 0.200. The number of aryl methyl sites for hydroxylation is 4. The molecule has 22 heavy (non-hydrogen) atoms. The van der Waals surface area contributed by atoms with Crippen LogP contribution in [0.1, 0.15) is 33.4 Å². The van der Waals surface area contributed by atoms with Gasteiger partial charge >= 0.3 is 0 Å². The molecule has 0 unspecified atom stereocenters. The van der Waals surface area contributed by atoms with Gasteiger partial charge < -0.3 is 11.5 Å². The molecule has 2 aromatic carbocycles. The molecule has 2 nitrogen and oxygen atoms in total. The Hall–Kier alpha value is -2.84. The Morgan fingerprint density at radius 1 is 0.591 bits per heavy atom. The minimum absolute atomic E-state index is 0.794. The number of hydrogen-bond donors (Lipinski definition) is 2. The van der Waals surface area contributed by atoms with E-state index in [9.17, 15) is 0 Å². The van der Waals surface area contributed by atoms with Crippen LogP contribution in [0.15, 0.2) is 24.3 Å². The van der Waals surface area contributed by atoms with Gasteiger partial charge in [0.05, 0.1) is 0 Å². The molecule has 0 aliphatic heterocycles. The van der Waals surface area contributed by atoms with Crippen molar-refractivity contribution in [2.45, 2.75) is 27.7 Å². The molecule has 2 rings (SSSR count). The van der Waals surface area contributed by atoms with E-state index in [1.165, 1.54) is 0 Å². The van der Waals surface area contributed by atoms with Crippen LogP contribution in [-0.4, -0.2) is 0 Å². The summed E-state index contributed by atoms with van der Waals surface area (Å²) in [6.45, 7) is 7.96. The van der Waals surface area contributed by atoms with Gasteiger partial charge in [0, 0.05) is 22.5 Å². The number of nitrogen functional groups attached to an aromatic ring is 2. The highest BCUT2D eigenvalue weighted by Crippen LogP contribution is 2.17. The van der Waals surface area contributed by atoms with E-state index < -0.39 is 0 Å². The summed E-state index contributed by atoms with van der Waals surface area (Å²) < 4.78 is 0. The largest absolute Gasteiger partial charge is 0.399 e. The average molecular weight is 288 g/mol. The lowest BCUT2D eigenvalue weighted by Gasteiger charge is -2.04. The standard InChI is InChI=1S/C20H20N2/c1-13-11-19(21)15(3)9-17(13)7-5-6-8-18-10-16(4)20(22)12-14(18)2/h9-12H,21-22H2,1-4H3. The van der Waals surface area contributed by atoms with Crippen molar-refractivity contribution in [3.63, 3.8) is 0 Å². The van der Waals surface area contributed by atoms with Gasteiger partial charge in [-0.25, -0.2) is 0 Å². The van der Waals surface area contributed by atoms with E-state index in [-0.39, 0.29) is 0 Å². The fourth-order valence-corrected chi connectivity index (χ4v) is 2.14. The molecule has 0 fully saturated rings. The summed E-state index contributed by atoms with van der Waals surface area (Å²) in [5.74, 6) is 12.0. The van der Waals surface area contributed by atoms with Crippen LogP contribution in [0.2, 0.25) is 0 Å². The second-order valence-corrected chi connectivity index (χ2v) is 5.55. The molecule has 0 atom stereocenters. The summed E-state index contributed by atoms with van der Waals surface area (Å²) in [7, 11) is 0. The Kier molecular flexibility index (Phi) is 4.44. The molecule has 0 spiro atoms. The Morgan fingerprint density at radius 3 is 1.32 bits per heavy atom. The molecule has 4 N–H and O–H groups in total. The Bertz CT molecular complexity index is 780. The normalized spacial score (nSPS) is 9.45. The molecule has 2 heteroatoms. The van der Waals surface area contributed by atoms with E-state index in [1.54, 1.807) is 0 Å². The predicted molar refractivity (Wildman–Crippen MR) is 94.4 cm³/mol. The highest BCUT2D eigenvalue weighted by Gasteiger charge is 2.00. The number of anilines is 2. The van der Waals surface area contributed by atoms with E-state index in [4.69, 9.17) is 11.5 Å². The first-order valence-corrected chi connectivity index (χ1v) is 7.14. The summed E-state index contributed by atoms with van der Waals surface area (Å²) in [5, 5.41) is 0. The van der Waals surface area contributed by atoms with Crippen molar-refractivity contribution in [1.29, 1.82) is 0 Å². The van der Waals surface area contributed by atoms with E-state index in [0.29, 0.717) is 0 Å². The molecule has 0 amide bonds. The van der Waals surface area contributed by atoms with Crippen LogP contribution in [-0.2, 0) is 0 Å². The Labute approximate surface area is 132 Å². The van der Waals surface area contributed by atoms with Crippen LogP contribution in [0.4, 0.5) is 11.4 Å². The number of rotatable bonds is 0. The van der Waals surface area contributed by atoms with Crippen molar-refractivity contribution in [3.8, 4) is 23.7 Å². The van der Waals surface area contributed by atoms with Gasteiger partial charge in [0.15, 0.2) is 0 Å². The van der Waals surface area contributed by atoms with E-state index in [2.05, 4.69) is 23.7 Å². The predicted octanol–water partition coefficient (Wildman–Crippen LogP) is 3.49. The van der Waals surface area contributed by atoms with Crippen LogP contribution in [0, 0.1) is 51.4 Å². The second kappa shape index (κ2) is 6.29. The van der Waals surface area contributed by atoms with E-state index in [0.717, 1.165) is 44.8 Å². The third kappa shape index (κ3) is 3.43. The highest BCUT2D eigenvalue weighted by atomic mass is 14.6. The molecule has 0 aliphatic carbocycles. The molecule has 0 aromatic heterocycles. The maximum Gasteiger partial charge on any atom is 0.0347 e. The number of nitrogens with two attached hydrogens (primary N) is 2. The number of benzene rings is 2. The lowest BCUT2D eigenvalue weighted by molar-refractivity contribution is 1.37. The van der Waals surface area contributed by atoms with Crippen molar-refractivity contribution in [2.75, 3.05) is 11.5 Å². The van der Waals surface area contributed by atoms with Crippen molar-refractivity contribution in [1.82, 2.24) is 0 Å². The summed E-state index contributed by atoms with van der Waals surface area (Å²) in [6, 6.07) is 7.89. The first-order valence-electron chi connectivity index (χ1n) is 7.14. The molecule has 0 heterocycles. The molecular formula is C20H20N2. The van der Waals surface area contributed by atoms with Gasteiger partial charge in [0.1, 0.15) is 0 Å². The van der Waals surface area contributed by atoms with Crippen LogP contribution in [0.25, 0.3) is 0 Å². The quantitative estimate of drug-likeness (QED) is 0.576. The summed E-state index contributed by atoms with van der Waals surface area (Å²) >= 11 is 0. The lowest BCUT2D eigenvalue weighted by Crippen LogP contribution is -1.93. The van der Waals surface area contributed by atoms with Gasteiger partial charge in [-0.1, -0.05) is 11.8 Å². The average Bonchev–Trinajstić information content (AvgIpc) is 2.45. The molecular weight excluding hydrogens is 268 g/mol. The molecule has 2 aromatic rings. The zero-order valence-electron chi connectivity index (χ0n) is 13.5. The lowest BCUT2D eigenvalue weighted by atomic mass is 10.0. The van der Waals surface area contributed by atoms with Gasteiger partial charge in [-0.3, -0.25) is 0 Å². The summed E-state index contributed by atoms with van der Waals surface area (Å²) in [6.07, 6.45) is 0. The van der Waals surface area contributed by atoms with Crippen molar-refractivity contribution in [3.05, 3.63) is 57.6 Å². The zero-order chi connectivity index (χ0) is 16.3. The molecule has 0 radical (unpaired) electrons. The molecule has 0 saturated carbocycles. The maximum absolute atomic E-state index is 5.88. The Balaban J connectivity index is 2.30. The minimum atomic E-state index is 0.794. The molecule has 110 valence electrons. The van der Waals surface area contributed by atoms with Crippen LogP contribution >= 0.6 is 0 Å². The Morgan fingerprint density at radius 2 is 0.955 bits per heavy atom. The van der Waals surface area contributed by atoms with Gasteiger partial charge in [-0.05, 0) is 86.1 Å². The maximum atomic E-state index is 5.88. The topological polar surface area (TPSA) is 52.0 Å².